The number of nitrogens with zero attached hydrogens (tertiary/aromatic N) is 2. The average molecular weight is 217 g/mol. The number of imidazole rings is 1. The van der Waals surface area contributed by atoms with Gasteiger partial charge in [0.25, 0.3) is 0 Å². The summed E-state index contributed by atoms with van der Waals surface area (Å²) < 4.78 is 7.57. The first-order valence-corrected chi connectivity index (χ1v) is 5.16. The van der Waals surface area contributed by atoms with Crippen LogP contribution in [0.4, 0.5) is 5.69 Å². The second-order valence-corrected chi connectivity index (χ2v) is 3.52. The molecule has 2 aromatic rings. The topological polar surface area (TPSA) is 39.1 Å². The fraction of sp³-hybridized carbons (Fsp3) is 0.250. The fourth-order valence-corrected chi connectivity index (χ4v) is 1.40. The molecular weight excluding hydrogens is 202 g/mol. The van der Waals surface area contributed by atoms with Crippen LogP contribution in [0.2, 0.25) is 0 Å². The van der Waals surface area contributed by atoms with Crippen molar-refractivity contribution in [2.75, 3.05) is 12.4 Å². The van der Waals surface area contributed by atoms with E-state index in [9.17, 15) is 0 Å². The van der Waals surface area contributed by atoms with Gasteiger partial charge < -0.3 is 14.6 Å². The maximum absolute atomic E-state index is 5.62. The molecule has 4 heteroatoms. The number of anilines is 1. The molecule has 0 radical (unpaired) electrons. The summed E-state index contributed by atoms with van der Waals surface area (Å²) in [5.41, 5.74) is 1.07. The summed E-state index contributed by atoms with van der Waals surface area (Å²) in [7, 11) is 3.85. The van der Waals surface area contributed by atoms with E-state index in [0.29, 0.717) is 6.61 Å². The monoisotopic (exact) mass is 217 g/mol. The highest BCUT2D eigenvalue weighted by Gasteiger charge is 2.00. The van der Waals surface area contributed by atoms with Gasteiger partial charge in [0, 0.05) is 32.2 Å². The normalized spacial score (nSPS) is 10.1. The van der Waals surface area contributed by atoms with E-state index in [1.54, 1.807) is 6.20 Å². The molecule has 0 amide bonds. The van der Waals surface area contributed by atoms with Crippen molar-refractivity contribution in [3.8, 4) is 5.75 Å². The zero-order chi connectivity index (χ0) is 11.4. The van der Waals surface area contributed by atoms with Crippen molar-refractivity contribution in [3.05, 3.63) is 42.5 Å². The Morgan fingerprint density at radius 1 is 1.31 bits per heavy atom. The molecule has 0 spiro atoms. The van der Waals surface area contributed by atoms with Gasteiger partial charge >= 0.3 is 0 Å². The van der Waals surface area contributed by atoms with E-state index in [0.717, 1.165) is 17.3 Å². The summed E-state index contributed by atoms with van der Waals surface area (Å²) in [5, 5.41) is 3.06. The molecule has 1 aromatic carbocycles. The summed E-state index contributed by atoms with van der Waals surface area (Å²) in [6.45, 7) is 0.488. The number of rotatable bonds is 4. The molecule has 16 heavy (non-hydrogen) atoms. The van der Waals surface area contributed by atoms with Crippen molar-refractivity contribution < 1.29 is 4.74 Å². The van der Waals surface area contributed by atoms with Gasteiger partial charge in [0.15, 0.2) is 0 Å². The van der Waals surface area contributed by atoms with Gasteiger partial charge in [0.05, 0.1) is 0 Å². The molecule has 0 aliphatic rings. The predicted octanol–water partition coefficient (Wildman–Crippen LogP) is 2.04. The van der Waals surface area contributed by atoms with Gasteiger partial charge in [-0.2, -0.15) is 0 Å². The van der Waals surface area contributed by atoms with Crippen LogP contribution >= 0.6 is 0 Å². The molecule has 4 nitrogen and oxygen atoms in total. The maximum atomic E-state index is 5.62. The molecule has 0 saturated heterocycles. The van der Waals surface area contributed by atoms with Crippen LogP contribution in [-0.4, -0.2) is 16.6 Å². The van der Waals surface area contributed by atoms with E-state index in [1.807, 2.05) is 49.1 Å². The Morgan fingerprint density at radius 3 is 2.62 bits per heavy atom. The molecule has 0 unspecified atom stereocenters. The zero-order valence-electron chi connectivity index (χ0n) is 9.47. The first kappa shape index (κ1) is 10.5. The third kappa shape index (κ3) is 2.34. The second kappa shape index (κ2) is 4.70. The number of benzene rings is 1. The minimum atomic E-state index is 0.488. The van der Waals surface area contributed by atoms with Crippen LogP contribution in [0, 0.1) is 0 Å². The Kier molecular flexibility index (Phi) is 3.10. The summed E-state index contributed by atoms with van der Waals surface area (Å²) in [5.74, 6) is 1.76. The minimum absolute atomic E-state index is 0.488. The fourth-order valence-electron chi connectivity index (χ4n) is 1.40. The molecule has 0 fully saturated rings. The maximum Gasteiger partial charge on any atom is 0.146 e. The third-order valence-electron chi connectivity index (χ3n) is 2.43. The molecular formula is C12H15N3O. The predicted molar refractivity (Wildman–Crippen MR) is 63.5 cm³/mol. The summed E-state index contributed by atoms with van der Waals surface area (Å²) in [6, 6.07) is 7.84. The van der Waals surface area contributed by atoms with Crippen molar-refractivity contribution in [1.82, 2.24) is 9.55 Å². The van der Waals surface area contributed by atoms with Crippen LogP contribution in [0.25, 0.3) is 0 Å². The van der Waals surface area contributed by atoms with E-state index in [-0.39, 0.29) is 0 Å². The minimum Gasteiger partial charge on any atom is -0.486 e. The molecule has 1 heterocycles. The number of nitrogens with one attached hydrogen (secondary N) is 1. The molecule has 0 saturated carbocycles. The molecule has 84 valence electrons. The Labute approximate surface area is 94.9 Å². The number of hydrogen-bond acceptors (Lipinski definition) is 3. The Balaban J connectivity index is 1.97. The average Bonchev–Trinajstić information content (AvgIpc) is 2.73. The van der Waals surface area contributed by atoms with Crippen LogP contribution in [0.3, 0.4) is 0 Å². The zero-order valence-corrected chi connectivity index (χ0v) is 9.47. The van der Waals surface area contributed by atoms with Crippen LogP contribution in [0.15, 0.2) is 36.7 Å². The van der Waals surface area contributed by atoms with Crippen LogP contribution in [-0.2, 0) is 13.7 Å². The van der Waals surface area contributed by atoms with E-state index in [1.165, 1.54) is 0 Å². The molecule has 0 atom stereocenters. The number of aryl methyl sites for hydroxylation is 1. The van der Waals surface area contributed by atoms with Crippen molar-refractivity contribution in [3.63, 3.8) is 0 Å². The van der Waals surface area contributed by atoms with E-state index in [4.69, 9.17) is 4.74 Å². The van der Waals surface area contributed by atoms with Gasteiger partial charge in [0.2, 0.25) is 0 Å². The van der Waals surface area contributed by atoms with Gasteiger partial charge in [0.1, 0.15) is 18.2 Å². The van der Waals surface area contributed by atoms with Gasteiger partial charge in [-0.15, -0.1) is 0 Å². The lowest BCUT2D eigenvalue weighted by atomic mass is 10.3. The summed E-state index contributed by atoms with van der Waals surface area (Å²) >= 11 is 0. The highest BCUT2D eigenvalue weighted by Crippen LogP contribution is 2.16. The SMILES string of the molecule is CNc1ccc(OCc2nccn2C)cc1. The number of hydrogen-bond donors (Lipinski definition) is 1. The quantitative estimate of drug-likeness (QED) is 0.851. The Morgan fingerprint density at radius 2 is 2.06 bits per heavy atom. The van der Waals surface area contributed by atoms with Crippen molar-refractivity contribution >= 4 is 5.69 Å². The van der Waals surface area contributed by atoms with Crippen LogP contribution in [0.5, 0.6) is 5.75 Å². The van der Waals surface area contributed by atoms with Crippen molar-refractivity contribution in [2.45, 2.75) is 6.61 Å². The van der Waals surface area contributed by atoms with Crippen molar-refractivity contribution in [2.24, 2.45) is 7.05 Å². The van der Waals surface area contributed by atoms with E-state index >= 15 is 0 Å². The molecule has 0 bridgehead atoms. The second-order valence-electron chi connectivity index (χ2n) is 3.52. The molecule has 2 rings (SSSR count). The third-order valence-corrected chi connectivity index (χ3v) is 2.43. The molecule has 1 N–H and O–H groups in total. The van der Waals surface area contributed by atoms with Gasteiger partial charge in [-0.1, -0.05) is 0 Å². The van der Waals surface area contributed by atoms with Crippen LogP contribution in [0.1, 0.15) is 5.82 Å². The highest BCUT2D eigenvalue weighted by atomic mass is 16.5. The standard InChI is InChI=1S/C12H15N3O/c1-13-10-3-5-11(6-4-10)16-9-12-14-7-8-15(12)2/h3-8,13H,9H2,1-2H3. The largest absolute Gasteiger partial charge is 0.486 e. The lowest BCUT2D eigenvalue weighted by molar-refractivity contribution is 0.292. The van der Waals surface area contributed by atoms with Gasteiger partial charge in [-0.05, 0) is 24.3 Å². The summed E-state index contributed by atoms with van der Waals surface area (Å²) in [4.78, 5) is 4.19. The lowest BCUT2D eigenvalue weighted by Crippen LogP contribution is -2.02. The molecule has 0 aliphatic carbocycles. The first-order chi connectivity index (χ1) is 7.79. The van der Waals surface area contributed by atoms with Gasteiger partial charge in [-0.3, -0.25) is 0 Å². The van der Waals surface area contributed by atoms with Crippen LogP contribution < -0.4 is 10.1 Å². The summed E-state index contributed by atoms with van der Waals surface area (Å²) in [6.07, 6.45) is 3.67. The Bertz CT molecular complexity index is 448. The Hall–Kier alpha value is -1.97. The highest BCUT2D eigenvalue weighted by molar-refractivity contribution is 5.45. The molecule has 0 aliphatic heterocycles. The van der Waals surface area contributed by atoms with E-state index in [2.05, 4.69) is 10.3 Å². The van der Waals surface area contributed by atoms with E-state index < -0.39 is 0 Å². The number of aromatic nitrogens is 2. The number of ether oxygens (including phenoxy) is 1. The smallest absolute Gasteiger partial charge is 0.146 e. The lowest BCUT2D eigenvalue weighted by Gasteiger charge is -2.07. The van der Waals surface area contributed by atoms with Gasteiger partial charge in [-0.25, -0.2) is 4.98 Å². The molecule has 1 aromatic heterocycles. The van der Waals surface area contributed by atoms with Crippen molar-refractivity contribution in [1.29, 1.82) is 0 Å². The first-order valence-electron chi connectivity index (χ1n) is 5.16.